The van der Waals surface area contributed by atoms with Gasteiger partial charge in [0.2, 0.25) is 5.91 Å². The van der Waals surface area contributed by atoms with E-state index in [0.717, 1.165) is 16.8 Å². The first kappa shape index (κ1) is 19.7. The van der Waals surface area contributed by atoms with Gasteiger partial charge in [-0.1, -0.05) is 58.7 Å². The minimum absolute atomic E-state index is 0.190. The molecule has 3 rings (SSSR count). The summed E-state index contributed by atoms with van der Waals surface area (Å²) < 4.78 is 0. The van der Waals surface area contributed by atoms with Gasteiger partial charge in [-0.3, -0.25) is 4.79 Å². The molecule has 0 bridgehead atoms. The van der Waals surface area contributed by atoms with Crippen LogP contribution in [0.15, 0.2) is 53.6 Å². The fourth-order valence-electron chi connectivity index (χ4n) is 2.56. The number of carbonyl (C=O) groups excluding carboxylic acids is 1. The molecule has 1 N–H and O–H groups in total. The van der Waals surface area contributed by atoms with Crippen LogP contribution in [0.1, 0.15) is 11.1 Å². The Balaban J connectivity index is 1.61. The molecule has 2 aromatic carbocycles. The molecule has 0 aliphatic heterocycles. The molecular weight excluding hydrogens is 401 g/mol. The summed E-state index contributed by atoms with van der Waals surface area (Å²) >= 11 is 13.3. The van der Waals surface area contributed by atoms with Gasteiger partial charge in [0.15, 0.2) is 0 Å². The van der Waals surface area contributed by atoms with Crippen molar-refractivity contribution in [3.8, 4) is 11.3 Å². The minimum atomic E-state index is -0.190. The van der Waals surface area contributed by atoms with E-state index in [-0.39, 0.29) is 11.7 Å². The van der Waals surface area contributed by atoms with Crippen molar-refractivity contribution in [2.24, 2.45) is 0 Å². The van der Waals surface area contributed by atoms with E-state index >= 15 is 0 Å². The average Bonchev–Trinajstić information content (AvgIpc) is 2.64. The lowest BCUT2D eigenvalue weighted by atomic mass is 10.0. The highest BCUT2D eigenvalue weighted by Crippen LogP contribution is 2.26. The first-order chi connectivity index (χ1) is 12.9. The summed E-state index contributed by atoms with van der Waals surface area (Å²) in [6.07, 6.45) is 0. The van der Waals surface area contributed by atoms with Crippen LogP contribution in [0, 0.1) is 13.8 Å². The second-order valence-corrected chi connectivity index (χ2v) is 7.88. The molecule has 1 aromatic heterocycles. The lowest BCUT2D eigenvalue weighted by Crippen LogP contribution is -2.14. The minimum Gasteiger partial charge on any atom is -0.324 e. The fourth-order valence-corrected chi connectivity index (χ4v) is 3.51. The molecule has 1 amide bonds. The number of amides is 1. The van der Waals surface area contributed by atoms with Gasteiger partial charge >= 0.3 is 0 Å². The molecule has 3 aromatic rings. The van der Waals surface area contributed by atoms with Gasteiger partial charge in [0, 0.05) is 10.6 Å². The zero-order valence-corrected chi connectivity index (χ0v) is 17.1. The second-order valence-electron chi connectivity index (χ2n) is 6.04. The lowest BCUT2D eigenvalue weighted by Gasteiger charge is -2.08. The number of aromatic nitrogens is 2. The van der Waals surface area contributed by atoms with Crippen LogP contribution in [0.3, 0.4) is 0 Å². The number of hydrogen-bond donors (Lipinski definition) is 1. The number of halogens is 2. The quantitative estimate of drug-likeness (QED) is 0.533. The van der Waals surface area contributed by atoms with Crippen LogP contribution in [-0.4, -0.2) is 21.9 Å². The molecule has 4 nitrogen and oxygen atoms in total. The molecule has 0 spiro atoms. The third-order valence-corrected chi connectivity index (χ3v) is 5.34. The molecule has 27 heavy (non-hydrogen) atoms. The van der Waals surface area contributed by atoms with E-state index in [4.69, 9.17) is 23.2 Å². The number of nitrogens with one attached hydrogen (secondary N) is 1. The van der Waals surface area contributed by atoms with Crippen LogP contribution in [0.4, 0.5) is 5.69 Å². The van der Waals surface area contributed by atoms with Gasteiger partial charge in [-0.05, 0) is 49.7 Å². The first-order valence-electron chi connectivity index (χ1n) is 8.21. The van der Waals surface area contributed by atoms with Crippen LogP contribution < -0.4 is 5.32 Å². The summed E-state index contributed by atoms with van der Waals surface area (Å²) in [5, 5.41) is 12.9. The standard InChI is InChI=1S/C20H17Cl2N3OS/c1-12-3-5-15(13(2)9-12)17-7-8-20(25-24-17)27-11-19(26)23-18-10-14(21)4-6-16(18)22/h3-10H,11H2,1-2H3,(H,23,26). The molecular formula is C20H17Cl2N3OS. The van der Waals surface area contributed by atoms with Gasteiger partial charge in [0.05, 0.1) is 22.2 Å². The molecule has 0 radical (unpaired) electrons. The second kappa shape index (κ2) is 8.74. The number of benzene rings is 2. The van der Waals surface area contributed by atoms with Crippen LogP contribution in [0.5, 0.6) is 0 Å². The van der Waals surface area contributed by atoms with E-state index < -0.39 is 0 Å². The zero-order valence-electron chi connectivity index (χ0n) is 14.8. The molecule has 0 aliphatic carbocycles. The maximum absolute atomic E-state index is 12.1. The van der Waals surface area contributed by atoms with Crippen molar-refractivity contribution in [2.45, 2.75) is 18.9 Å². The van der Waals surface area contributed by atoms with Crippen molar-refractivity contribution in [1.82, 2.24) is 10.2 Å². The highest BCUT2D eigenvalue weighted by Gasteiger charge is 2.09. The van der Waals surface area contributed by atoms with Crippen molar-refractivity contribution >= 4 is 46.6 Å². The van der Waals surface area contributed by atoms with Crippen LogP contribution >= 0.6 is 35.0 Å². The fraction of sp³-hybridized carbons (Fsp3) is 0.150. The van der Waals surface area contributed by atoms with Crippen molar-refractivity contribution in [3.63, 3.8) is 0 Å². The van der Waals surface area contributed by atoms with Crippen LogP contribution in [0.2, 0.25) is 10.0 Å². The van der Waals surface area contributed by atoms with Crippen molar-refractivity contribution in [3.05, 3.63) is 69.7 Å². The van der Waals surface area contributed by atoms with E-state index in [1.54, 1.807) is 18.2 Å². The average molecular weight is 418 g/mol. The van der Waals surface area contributed by atoms with E-state index in [1.807, 2.05) is 18.2 Å². The van der Waals surface area contributed by atoms with E-state index in [2.05, 4.69) is 41.5 Å². The van der Waals surface area contributed by atoms with Gasteiger partial charge in [-0.2, -0.15) is 0 Å². The topological polar surface area (TPSA) is 54.9 Å². The summed E-state index contributed by atoms with van der Waals surface area (Å²) in [5.74, 6) is 0.00452. The molecule has 0 saturated carbocycles. The van der Waals surface area contributed by atoms with Gasteiger partial charge in [-0.25, -0.2) is 0 Å². The van der Waals surface area contributed by atoms with Crippen LogP contribution in [-0.2, 0) is 4.79 Å². The summed E-state index contributed by atoms with van der Waals surface area (Å²) in [6.45, 7) is 4.11. The molecule has 138 valence electrons. The van der Waals surface area contributed by atoms with Crippen molar-refractivity contribution < 1.29 is 4.79 Å². The monoisotopic (exact) mass is 417 g/mol. The number of anilines is 1. The highest BCUT2D eigenvalue weighted by atomic mass is 35.5. The van der Waals surface area contributed by atoms with Gasteiger partial charge in [-0.15, -0.1) is 10.2 Å². The molecule has 0 fully saturated rings. The summed E-state index contributed by atoms with van der Waals surface area (Å²) in [6, 6.07) is 14.9. The molecule has 0 atom stereocenters. The number of hydrogen-bond acceptors (Lipinski definition) is 4. The highest BCUT2D eigenvalue weighted by molar-refractivity contribution is 7.99. The summed E-state index contributed by atoms with van der Waals surface area (Å²) in [7, 11) is 0. The van der Waals surface area contributed by atoms with Gasteiger partial charge in [0.25, 0.3) is 0 Å². The Bertz CT molecular complexity index is 977. The lowest BCUT2D eigenvalue weighted by molar-refractivity contribution is -0.113. The first-order valence-corrected chi connectivity index (χ1v) is 9.95. The predicted molar refractivity (Wildman–Crippen MR) is 113 cm³/mol. The van der Waals surface area contributed by atoms with E-state index in [0.29, 0.717) is 20.8 Å². The zero-order chi connectivity index (χ0) is 19.4. The summed E-state index contributed by atoms with van der Waals surface area (Å²) in [4.78, 5) is 12.1. The van der Waals surface area contributed by atoms with Gasteiger partial charge in [0.1, 0.15) is 5.03 Å². The normalized spacial score (nSPS) is 10.7. The smallest absolute Gasteiger partial charge is 0.234 e. The number of thioether (sulfide) groups is 1. The Morgan fingerprint density at radius 3 is 2.56 bits per heavy atom. The maximum atomic E-state index is 12.1. The largest absolute Gasteiger partial charge is 0.324 e. The Morgan fingerprint density at radius 1 is 1.04 bits per heavy atom. The third kappa shape index (κ3) is 5.22. The third-order valence-electron chi connectivity index (χ3n) is 3.85. The molecule has 7 heteroatoms. The van der Waals surface area contributed by atoms with Crippen molar-refractivity contribution in [1.29, 1.82) is 0 Å². The SMILES string of the molecule is Cc1ccc(-c2ccc(SCC(=O)Nc3cc(Cl)ccc3Cl)nn2)c(C)c1. The number of carbonyl (C=O) groups is 1. The number of rotatable bonds is 5. The Morgan fingerprint density at radius 2 is 1.85 bits per heavy atom. The number of nitrogens with zero attached hydrogens (tertiary/aromatic N) is 2. The van der Waals surface area contributed by atoms with Gasteiger partial charge < -0.3 is 5.32 Å². The van der Waals surface area contributed by atoms with Crippen LogP contribution in [0.25, 0.3) is 11.3 Å². The predicted octanol–water partition coefficient (Wildman–Crippen LogP) is 5.80. The molecule has 1 heterocycles. The van der Waals surface area contributed by atoms with E-state index in [1.165, 1.54) is 17.3 Å². The molecule has 0 aliphatic rings. The van der Waals surface area contributed by atoms with Crippen molar-refractivity contribution in [2.75, 3.05) is 11.1 Å². The Labute approximate surface area is 172 Å². The number of aryl methyl sites for hydroxylation is 2. The molecule has 0 unspecified atom stereocenters. The summed E-state index contributed by atoms with van der Waals surface area (Å²) in [5.41, 5.74) is 4.72. The maximum Gasteiger partial charge on any atom is 0.234 e. The Kier molecular flexibility index (Phi) is 6.37. The molecule has 0 saturated heterocycles. The van der Waals surface area contributed by atoms with E-state index in [9.17, 15) is 4.79 Å². The Hall–Kier alpha value is -2.08.